The molecule has 4 rings (SSSR count). The molecule has 33 heavy (non-hydrogen) atoms. The van der Waals surface area contributed by atoms with E-state index in [0.717, 1.165) is 51.0 Å². The molecule has 3 amide bonds. The normalized spacial score (nSPS) is 22.1. The number of hydrogen-bond donors (Lipinski definition) is 2. The maximum atomic E-state index is 12.3. The standard InChI is InChI=1S/C24H34N6O3/c1-17-7-9-19(10-8-17)23-27-22(33-28-23)16-30-13-11-29(12-14-30)15-21(31)26-24(32)25-20-6-4-3-5-18(20)2/h7-10,18,20H,3-6,11-16H2,1-2H3,(H2,25,26,31,32). The largest absolute Gasteiger partial charge is 0.338 e. The number of carbonyl (C=O) groups is 2. The van der Waals surface area contributed by atoms with Gasteiger partial charge in [0.25, 0.3) is 0 Å². The molecule has 2 fully saturated rings. The lowest BCUT2D eigenvalue weighted by Gasteiger charge is -2.33. The Bertz CT molecular complexity index is 936. The van der Waals surface area contributed by atoms with Gasteiger partial charge in [-0.1, -0.05) is 54.8 Å². The fraction of sp³-hybridized carbons (Fsp3) is 0.583. The molecule has 1 aliphatic carbocycles. The predicted molar refractivity (Wildman–Crippen MR) is 124 cm³/mol. The van der Waals surface area contributed by atoms with E-state index in [1.807, 2.05) is 31.2 Å². The molecule has 2 atom stereocenters. The van der Waals surface area contributed by atoms with Gasteiger partial charge in [0.1, 0.15) is 0 Å². The molecule has 1 saturated heterocycles. The zero-order valence-corrected chi connectivity index (χ0v) is 19.5. The van der Waals surface area contributed by atoms with E-state index in [0.29, 0.717) is 24.2 Å². The number of urea groups is 1. The van der Waals surface area contributed by atoms with Gasteiger partial charge in [-0.05, 0) is 25.7 Å². The number of benzene rings is 1. The monoisotopic (exact) mass is 454 g/mol. The number of carbonyl (C=O) groups excluding carboxylic acids is 2. The van der Waals surface area contributed by atoms with Crippen LogP contribution in [-0.4, -0.2) is 70.6 Å². The Morgan fingerprint density at radius 3 is 2.48 bits per heavy atom. The van der Waals surface area contributed by atoms with Crippen molar-refractivity contribution in [1.29, 1.82) is 0 Å². The van der Waals surface area contributed by atoms with E-state index in [2.05, 4.69) is 37.5 Å². The summed E-state index contributed by atoms with van der Waals surface area (Å²) in [5.74, 6) is 1.38. The second-order valence-electron chi connectivity index (χ2n) is 9.32. The highest BCUT2D eigenvalue weighted by Crippen LogP contribution is 2.23. The quantitative estimate of drug-likeness (QED) is 0.691. The smallest absolute Gasteiger partial charge is 0.321 e. The molecule has 9 heteroatoms. The number of hydrogen-bond acceptors (Lipinski definition) is 7. The molecular weight excluding hydrogens is 420 g/mol. The number of imide groups is 1. The summed E-state index contributed by atoms with van der Waals surface area (Å²) in [5.41, 5.74) is 2.13. The van der Waals surface area contributed by atoms with Crippen molar-refractivity contribution in [2.75, 3.05) is 32.7 Å². The fourth-order valence-electron chi connectivity index (χ4n) is 4.54. The van der Waals surface area contributed by atoms with Crippen LogP contribution in [0.4, 0.5) is 4.79 Å². The van der Waals surface area contributed by atoms with Crippen LogP contribution in [-0.2, 0) is 11.3 Å². The summed E-state index contributed by atoms with van der Waals surface area (Å²) in [4.78, 5) is 33.3. The topological polar surface area (TPSA) is 104 Å². The van der Waals surface area contributed by atoms with Crippen molar-refractivity contribution >= 4 is 11.9 Å². The van der Waals surface area contributed by atoms with Crippen LogP contribution in [0.3, 0.4) is 0 Å². The average molecular weight is 455 g/mol. The zero-order valence-electron chi connectivity index (χ0n) is 19.5. The first kappa shape index (κ1) is 23.4. The van der Waals surface area contributed by atoms with Gasteiger partial charge >= 0.3 is 6.03 Å². The zero-order chi connectivity index (χ0) is 23.2. The van der Waals surface area contributed by atoms with E-state index in [-0.39, 0.29) is 24.5 Å². The lowest BCUT2D eigenvalue weighted by molar-refractivity contribution is -0.121. The van der Waals surface area contributed by atoms with Crippen molar-refractivity contribution in [3.8, 4) is 11.4 Å². The summed E-state index contributed by atoms with van der Waals surface area (Å²) >= 11 is 0. The molecule has 9 nitrogen and oxygen atoms in total. The molecule has 0 radical (unpaired) electrons. The van der Waals surface area contributed by atoms with Crippen molar-refractivity contribution in [3.63, 3.8) is 0 Å². The number of nitrogens with zero attached hydrogens (tertiary/aromatic N) is 4. The van der Waals surface area contributed by atoms with Crippen LogP contribution >= 0.6 is 0 Å². The Labute approximate surface area is 194 Å². The second kappa shape index (κ2) is 10.9. The molecule has 178 valence electrons. The van der Waals surface area contributed by atoms with E-state index >= 15 is 0 Å². The highest BCUT2D eigenvalue weighted by molar-refractivity contribution is 5.95. The van der Waals surface area contributed by atoms with E-state index in [1.165, 1.54) is 12.0 Å². The first-order valence-corrected chi connectivity index (χ1v) is 11.9. The van der Waals surface area contributed by atoms with Crippen molar-refractivity contribution in [2.45, 2.75) is 52.1 Å². The Hall–Kier alpha value is -2.78. The lowest BCUT2D eigenvalue weighted by atomic mass is 9.86. The number of rotatable bonds is 6. The SMILES string of the molecule is Cc1ccc(-c2noc(CN3CCN(CC(=O)NC(=O)NC4CCCCC4C)CC3)n2)cc1. The van der Waals surface area contributed by atoms with Crippen LogP contribution in [0.1, 0.15) is 44.1 Å². The van der Waals surface area contributed by atoms with Crippen LogP contribution in [0, 0.1) is 12.8 Å². The molecule has 2 aromatic rings. The Morgan fingerprint density at radius 1 is 1.06 bits per heavy atom. The van der Waals surface area contributed by atoms with E-state index in [1.54, 1.807) is 0 Å². The van der Waals surface area contributed by atoms with Gasteiger partial charge in [-0.2, -0.15) is 4.98 Å². The van der Waals surface area contributed by atoms with Gasteiger partial charge in [0, 0.05) is 37.8 Å². The molecule has 2 heterocycles. The van der Waals surface area contributed by atoms with Crippen LogP contribution in [0.25, 0.3) is 11.4 Å². The fourth-order valence-corrected chi connectivity index (χ4v) is 4.54. The molecule has 1 saturated carbocycles. The molecule has 2 aliphatic rings. The van der Waals surface area contributed by atoms with E-state index in [9.17, 15) is 9.59 Å². The predicted octanol–water partition coefficient (Wildman–Crippen LogP) is 2.57. The minimum Gasteiger partial charge on any atom is -0.338 e. The minimum absolute atomic E-state index is 0.159. The maximum absolute atomic E-state index is 12.3. The number of aromatic nitrogens is 2. The molecule has 1 aromatic carbocycles. The summed E-state index contributed by atoms with van der Waals surface area (Å²) in [6.45, 7) is 8.08. The Kier molecular flexibility index (Phi) is 7.72. The lowest BCUT2D eigenvalue weighted by Crippen LogP contribution is -2.52. The minimum atomic E-state index is -0.377. The molecule has 1 aliphatic heterocycles. The Balaban J connectivity index is 1.17. The molecule has 2 unspecified atom stereocenters. The van der Waals surface area contributed by atoms with Crippen molar-refractivity contribution in [3.05, 3.63) is 35.7 Å². The van der Waals surface area contributed by atoms with Crippen molar-refractivity contribution in [1.82, 2.24) is 30.6 Å². The molecule has 0 spiro atoms. The number of nitrogens with one attached hydrogen (secondary N) is 2. The van der Waals surface area contributed by atoms with Crippen molar-refractivity contribution in [2.24, 2.45) is 5.92 Å². The van der Waals surface area contributed by atoms with Crippen LogP contribution in [0.2, 0.25) is 0 Å². The summed E-state index contributed by atoms with van der Waals surface area (Å²) < 4.78 is 5.43. The van der Waals surface area contributed by atoms with Gasteiger partial charge in [0.05, 0.1) is 13.1 Å². The van der Waals surface area contributed by atoms with Gasteiger partial charge in [0.2, 0.25) is 17.6 Å². The summed E-state index contributed by atoms with van der Waals surface area (Å²) in [6, 6.07) is 7.82. The summed E-state index contributed by atoms with van der Waals surface area (Å²) in [6.07, 6.45) is 4.45. The van der Waals surface area contributed by atoms with Gasteiger partial charge in [-0.25, -0.2) is 4.79 Å². The molecule has 0 bridgehead atoms. The summed E-state index contributed by atoms with van der Waals surface area (Å²) in [7, 11) is 0. The molecule has 2 N–H and O–H groups in total. The Morgan fingerprint density at radius 2 is 1.76 bits per heavy atom. The van der Waals surface area contributed by atoms with Crippen molar-refractivity contribution < 1.29 is 14.1 Å². The first-order valence-electron chi connectivity index (χ1n) is 11.9. The van der Waals surface area contributed by atoms with Crippen LogP contribution in [0.5, 0.6) is 0 Å². The van der Waals surface area contributed by atoms with Crippen LogP contribution < -0.4 is 10.6 Å². The third-order valence-electron chi connectivity index (χ3n) is 6.65. The first-order chi connectivity index (χ1) is 16.0. The van der Waals surface area contributed by atoms with Crippen LogP contribution in [0.15, 0.2) is 28.8 Å². The van der Waals surface area contributed by atoms with E-state index in [4.69, 9.17) is 4.52 Å². The second-order valence-corrected chi connectivity index (χ2v) is 9.32. The van der Waals surface area contributed by atoms with E-state index < -0.39 is 0 Å². The number of amides is 3. The van der Waals surface area contributed by atoms with Gasteiger partial charge in [0.15, 0.2) is 0 Å². The van der Waals surface area contributed by atoms with Gasteiger partial charge < -0.3 is 9.84 Å². The number of aryl methyl sites for hydroxylation is 1. The summed E-state index contributed by atoms with van der Waals surface area (Å²) in [5, 5.41) is 9.55. The third-order valence-corrected chi connectivity index (χ3v) is 6.65. The molecule has 1 aromatic heterocycles. The third kappa shape index (κ3) is 6.61. The average Bonchev–Trinajstić information content (AvgIpc) is 3.25. The highest BCUT2D eigenvalue weighted by atomic mass is 16.5. The highest BCUT2D eigenvalue weighted by Gasteiger charge is 2.25. The maximum Gasteiger partial charge on any atom is 0.321 e. The van der Waals surface area contributed by atoms with Gasteiger partial charge in [-0.15, -0.1) is 0 Å². The van der Waals surface area contributed by atoms with Gasteiger partial charge in [-0.3, -0.25) is 19.9 Å². The number of piperazine rings is 1. The molecular formula is C24H34N6O3.